The number of halogens is 2. The average Bonchev–Trinajstić information content (AvgIpc) is 2.21. The molecule has 0 saturated carbocycles. The first kappa shape index (κ1) is 13.9. The SMILES string of the molecule is Cc1cc(Cl)c(C(C)C(=O)NN(C)C)cc1F. The molecule has 1 unspecified atom stereocenters. The van der Waals surface area contributed by atoms with Crippen molar-refractivity contribution < 1.29 is 9.18 Å². The quantitative estimate of drug-likeness (QED) is 0.845. The smallest absolute Gasteiger partial charge is 0.241 e. The predicted octanol–water partition coefficient (Wildman–Crippen LogP) is 2.48. The van der Waals surface area contributed by atoms with E-state index < -0.39 is 5.92 Å². The number of hydrogen-bond donors (Lipinski definition) is 1. The third kappa shape index (κ3) is 3.41. The Bertz CT molecular complexity index is 435. The van der Waals surface area contributed by atoms with Crippen LogP contribution in [0, 0.1) is 12.7 Å². The van der Waals surface area contributed by atoms with Crippen molar-refractivity contribution in [1.82, 2.24) is 10.4 Å². The largest absolute Gasteiger partial charge is 0.289 e. The molecule has 1 aromatic carbocycles. The number of benzene rings is 1. The third-order valence-corrected chi connectivity index (χ3v) is 2.80. The number of rotatable bonds is 3. The molecule has 1 aromatic rings. The molecule has 0 aliphatic rings. The van der Waals surface area contributed by atoms with E-state index in [9.17, 15) is 9.18 Å². The molecule has 0 aliphatic carbocycles. The minimum absolute atomic E-state index is 0.222. The van der Waals surface area contributed by atoms with Gasteiger partial charge in [-0.3, -0.25) is 10.2 Å². The number of carbonyl (C=O) groups excluding carboxylic acids is 1. The maximum Gasteiger partial charge on any atom is 0.241 e. The van der Waals surface area contributed by atoms with Gasteiger partial charge in [-0.15, -0.1) is 0 Å². The summed E-state index contributed by atoms with van der Waals surface area (Å²) in [4.78, 5) is 11.8. The zero-order valence-corrected chi connectivity index (χ0v) is 11.1. The van der Waals surface area contributed by atoms with E-state index in [4.69, 9.17) is 11.6 Å². The van der Waals surface area contributed by atoms with Crippen LogP contribution in [-0.2, 0) is 4.79 Å². The molecule has 1 N–H and O–H groups in total. The number of hydrazine groups is 1. The summed E-state index contributed by atoms with van der Waals surface area (Å²) in [6.07, 6.45) is 0. The molecule has 5 heteroatoms. The van der Waals surface area contributed by atoms with Crippen LogP contribution < -0.4 is 5.43 Å². The summed E-state index contributed by atoms with van der Waals surface area (Å²) in [6.45, 7) is 3.32. The van der Waals surface area contributed by atoms with Crippen molar-refractivity contribution in [2.24, 2.45) is 0 Å². The minimum atomic E-state index is -0.500. The van der Waals surface area contributed by atoms with Gasteiger partial charge in [0.05, 0.1) is 5.92 Å². The van der Waals surface area contributed by atoms with Crippen LogP contribution in [0.4, 0.5) is 4.39 Å². The van der Waals surface area contributed by atoms with Crippen LogP contribution in [-0.4, -0.2) is 25.0 Å². The second kappa shape index (κ2) is 5.47. The molecule has 1 rings (SSSR count). The van der Waals surface area contributed by atoms with Crippen LogP contribution in [0.5, 0.6) is 0 Å². The average molecular weight is 259 g/mol. The monoisotopic (exact) mass is 258 g/mol. The van der Waals surface area contributed by atoms with Gasteiger partial charge in [-0.25, -0.2) is 9.40 Å². The molecule has 1 atom stereocenters. The van der Waals surface area contributed by atoms with Crippen molar-refractivity contribution in [3.63, 3.8) is 0 Å². The fourth-order valence-electron chi connectivity index (χ4n) is 1.45. The zero-order chi connectivity index (χ0) is 13.2. The van der Waals surface area contributed by atoms with Gasteiger partial charge < -0.3 is 0 Å². The van der Waals surface area contributed by atoms with Gasteiger partial charge in [-0.2, -0.15) is 0 Å². The van der Waals surface area contributed by atoms with Crippen LogP contribution in [0.1, 0.15) is 24.0 Å². The van der Waals surface area contributed by atoms with Gasteiger partial charge >= 0.3 is 0 Å². The number of aryl methyl sites for hydroxylation is 1. The highest BCUT2D eigenvalue weighted by Crippen LogP contribution is 2.27. The highest BCUT2D eigenvalue weighted by molar-refractivity contribution is 6.31. The summed E-state index contributed by atoms with van der Waals surface area (Å²) in [7, 11) is 3.42. The van der Waals surface area contributed by atoms with Gasteiger partial charge in [0.2, 0.25) is 5.91 Å². The molecule has 94 valence electrons. The van der Waals surface area contributed by atoms with E-state index in [1.54, 1.807) is 27.9 Å². The lowest BCUT2D eigenvalue weighted by Crippen LogP contribution is -2.38. The molecule has 3 nitrogen and oxygen atoms in total. The lowest BCUT2D eigenvalue weighted by atomic mass is 9.99. The standard InChI is InChI=1S/C12H16ClFN2O/c1-7-5-10(13)9(6-11(7)14)8(2)12(17)15-16(3)4/h5-6,8H,1-4H3,(H,15,17). The van der Waals surface area contributed by atoms with Crippen molar-refractivity contribution in [1.29, 1.82) is 0 Å². The Morgan fingerprint density at radius 2 is 2.06 bits per heavy atom. The number of nitrogens with one attached hydrogen (secondary N) is 1. The first-order valence-electron chi connectivity index (χ1n) is 5.26. The molecule has 0 saturated heterocycles. The molecule has 0 spiro atoms. The number of carbonyl (C=O) groups is 1. The fourth-order valence-corrected chi connectivity index (χ4v) is 1.83. The van der Waals surface area contributed by atoms with Crippen LogP contribution >= 0.6 is 11.6 Å². The van der Waals surface area contributed by atoms with Gasteiger partial charge in [0.25, 0.3) is 0 Å². The number of amides is 1. The molecule has 0 aromatic heterocycles. The van der Waals surface area contributed by atoms with E-state index in [1.807, 2.05) is 0 Å². The Hall–Kier alpha value is -1.13. The normalized spacial score (nSPS) is 12.6. The maximum atomic E-state index is 13.4. The van der Waals surface area contributed by atoms with E-state index >= 15 is 0 Å². The molecule has 0 fully saturated rings. The number of nitrogens with zero attached hydrogens (tertiary/aromatic N) is 1. The Labute approximate surface area is 106 Å². The summed E-state index contributed by atoms with van der Waals surface area (Å²) in [5.41, 5.74) is 3.58. The van der Waals surface area contributed by atoms with Crippen LogP contribution in [0.15, 0.2) is 12.1 Å². The molecule has 0 bridgehead atoms. The van der Waals surface area contributed by atoms with Gasteiger partial charge in [-0.1, -0.05) is 11.6 Å². The molecule has 0 heterocycles. The second-order valence-electron chi connectivity index (χ2n) is 4.22. The Balaban J connectivity index is 3.00. The maximum absolute atomic E-state index is 13.4. The van der Waals surface area contributed by atoms with E-state index in [-0.39, 0.29) is 11.7 Å². The van der Waals surface area contributed by atoms with Crippen LogP contribution in [0.3, 0.4) is 0 Å². The summed E-state index contributed by atoms with van der Waals surface area (Å²) in [5, 5.41) is 1.95. The molecule has 1 amide bonds. The van der Waals surface area contributed by atoms with E-state index in [0.717, 1.165) is 0 Å². The Morgan fingerprint density at radius 1 is 1.47 bits per heavy atom. The van der Waals surface area contributed by atoms with Gasteiger partial charge in [0, 0.05) is 19.1 Å². The molecule has 0 aliphatic heterocycles. The topological polar surface area (TPSA) is 32.3 Å². The first-order valence-corrected chi connectivity index (χ1v) is 5.64. The summed E-state index contributed by atoms with van der Waals surface area (Å²) < 4.78 is 13.4. The van der Waals surface area contributed by atoms with E-state index in [2.05, 4.69) is 5.43 Å². The first-order chi connectivity index (χ1) is 7.82. The number of hydrogen-bond acceptors (Lipinski definition) is 2. The highest BCUT2D eigenvalue weighted by Gasteiger charge is 2.19. The van der Waals surface area contributed by atoms with E-state index in [0.29, 0.717) is 16.1 Å². The van der Waals surface area contributed by atoms with Crippen molar-refractivity contribution in [3.8, 4) is 0 Å². The van der Waals surface area contributed by atoms with Crippen LogP contribution in [0.2, 0.25) is 5.02 Å². The summed E-state index contributed by atoms with van der Waals surface area (Å²) in [5.74, 6) is -1.07. The summed E-state index contributed by atoms with van der Waals surface area (Å²) in [6, 6.07) is 2.85. The lowest BCUT2D eigenvalue weighted by Gasteiger charge is -2.18. The Kier molecular flexibility index (Phi) is 4.48. The zero-order valence-electron chi connectivity index (χ0n) is 10.3. The second-order valence-corrected chi connectivity index (χ2v) is 4.62. The van der Waals surface area contributed by atoms with Crippen molar-refractivity contribution in [2.75, 3.05) is 14.1 Å². The molecular weight excluding hydrogens is 243 g/mol. The van der Waals surface area contributed by atoms with Gasteiger partial charge in [-0.05, 0) is 37.1 Å². The van der Waals surface area contributed by atoms with Crippen molar-refractivity contribution in [3.05, 3.63) is 34.1 Å². The molecule has 17 heavy (non-hydrogen) atoms. The highest BCUT2D eigenvalue weighted by atomic mass is 35.5. The van der Waals surface area contributed by atoms with Crippen molar-refractivity contribution >= 4 is 17.5 Å². The summed E-state index contributed by atoms with van der Waals surface area (Å²) >= 11 is 6.02. The van der Waals surface area contributed by atoms with Crippen LogP contribution in [0.25, 0.3) is 0 Å². The van der Waals surface area contributed by atoms with E-state index in [1.165, 1.54) is 17.1 Å². The molecule has 0 radical (unpaired) electrons. The van der Waals surface area contributed by atoms with Gasteiger partial charge in [0.15, 0.2) is 0 Å². The Morgan fingerprint density at radius 3 is 2.59 bits per heavy atom. The predicted molar refractivity (Wildman–Crippen MR) is 66.4 cm³/mol. The fraction of sp³-hybridized carbons (Fsp3) is 0.417. The third-order valence-electron chi connectivity index (χ3n) is 2.47. The van der Waals surface area contributed by atoms with Crippen molar-refractivity contribution in [2.45, 2.75) is 19.8 Å². The molecular formula is C12H16ClFN2O. The minimum Gasteiger partial charge on any atom is -0.289 e. The van der Waals surface area contributed by atoms with Gasteiger partial charge in [0.1, 0.15) is 5.82 Å². The lowest BCUT2D eigenvalue weighted by molar-refractivity contribution is -0.125.